The van der Waals surface area contributed by atoms with Crippen molar-refractivity contribution in [2.75, 3.05) is 12.9 Å². The molecule has 2 unspecified atom stereocenters. The molecule has 0 radical (unpaired) electrons. The number of hydrogen-bond donors (Lipinski definition) is 1. The lowest BCUT2D eigenvalue weighted by atomic mass is 10.2. The SMILES string of the molecule is CSC(CO)C(C)n1sc2ccccc2c1=O. The van der Waals surface area contributed by atoms with Crippen molar-refractivity contribution >= 4 is 33.4 Å². The van der Waals surface area contributed by atoms with E-state index in [9.17, 15) is 9.90 Å². The molecule has 1 aromatic carbocycles. The summed E-state index contributed by atoms with van der Waals surface area (Å²) >= 11 is 3.06. The molecule has 0 aliphatic heterocycles. The number of rotatable bonds is 4. The average molecular weight is 269 g/mol. The van der Waals surface area contributed by atoms with E-state index >= 15 is 0 Å². The van der Waals surface area contributed by atoms with Crippen molar-refractivity contribution in [3.8, 4) is 0 Å². The number of nitrogens with zero attached hydrogens (tertiary/aromatic N) is 1. The van der Waals surface area contributed by atoms with E-state index in [-0.39, 0.29) is 23.5 Å². The van der Waals surface area contributed by atoms with Crippen LogP contribution in [-0.4, -0.2) is 27.2 Å². The fraction of sp³-hybridized carbons (Fsp3) is 0.417. The summed E-state index contributed by atoms with van der Waals surface area (Å²) in [5, 5.41) is 10.1. The van der Waals surface area contributed by atoms with Gasteiger partial charge in [0.1, 0.15) is 0 Å². The highest BCUT2D eigenvalue weighted by molar-refractivity contribution is 7.99. The third-order valence-electron chi connectivity index (χ3n) is 2.90. The lowest BCUT2D eigenvalue weighted by Crippen LogP contribution is -2.27. The smallest absolute Gasteiger partial charge is 0.268 e. The highest BCUT2D eigenvalue weighted by Crippen LogP contribution is 2.25. The first kappa shape index (κ1) is 12.7. The molecular formula is C12H15NO2S2. The number of thioether (sulfide) groups is 1. The molecule has 5 heteroatoms. The zero-order valence-corrected chi connectivity index (χ0v) is 11.4. The van der Waals surface area contributed by atoms with Gasteiger partial charge < -0.3 is 5.11 Å². The number of aromatic nitrogens is 1. The molecule has 3 nitrogen and oxygen atoms in total. The Morgan fingerprint density at radius 3 is 2.76 bits per heavy atom. The Balaban J connectivity index is 2.49. The molecule has 0 amide bonds. The fourth-order valence-electron chi connectivity index (χ4n) is 1.83. The predicted octanol–water partition coefficient (Wildman–Crippen LogP) is 2.35. The lowest BCUT2D eigenvalue weighted by molar-refractivity contribution is 0.273. The second kappa shape index (κ2) is 5.25. The maximum absolute atomic E-state index is 12.2. The quantitative estimate of drug-likeness (QED) is 0.926. The Hall–Kier alpha value is -0.780. The van der Waals surface area contributed by atoms with Crippen LogP contribution in [0.5, 0.6) is 0 Å². The van der Waals surface area contributed by atoms with Crippen molar-refractivity contribution in [2.24, 2.45) is 0 Å². The highest BCUT2D eigenvalue weighted by atomic mass is 32.2. The van der Waals surface area contributed by atoms with Gasteiger partial charge in [-0.05, 0) is 25.3 Å². The highest BCUT2D eigenvalue weighted by Gasteiger charge is 2.20. The molecule has 1 heterocycles. The predicted molar refractivity (Wildman–Crippen MR) is 75.2 cm³/mol. The van der Waals surface area contributed by atoms with Crippen LogP contribution >= 0.6 is 23.3 Å². The minimum Gasteiger partial charge on any atom is -0.395 e. The summed E-state index contributed by atoms with van der Waals surface area (Å²) in [6.07, 6.45) is 1.95. The van der Waals surface area contributed by atoms with Gasteiger partial charge in [0.05, 0.1) is 22.7 Å². The van der Waals surface area contributed by atoms with E-state index in [2.05, 4.69) is 0 Å². The van der Waals surface area contributed by atoms with Crippen LogP contribution in [-0.2, 0) is 0 Å². The van der Waals surface area contributed by atoms with E-state index in [4.69, 9.17) is 0 Å². The van der Waals surface area contributed by atoms with Gasteiger partial charge in [0.25, 0.3) is 5.56 Å². The summed E-state index contributed by atoms with van der Waals surface area (Å²) in [7, 11) is 0. The molecule has 0 saturated heterocycles. The molecule has 0 spiro atoms. The summed E-state index contributed by atoms with van der Waals surface area (Å²) in [5.74, 6) is 0. The molecule has 0 aliphatic rings. The standard InChI is InChI=1S/C12H15NO2S2/c1-8(11(7-14)16-2)13-12(15)9-5-3-4-6-10(9)17-13/h3-6,8,11,14H,7H2,1-2H3. The molecule has 2 aromatic rings. The molecule has 2 atom stereocenters. The van der Waals surface area contributed by atoms with E-state index in [1.807, 2.05) is 37.4 Å². The van der Waals surface area contributed by atoms with Crippen LogP contribution in [0.15, 0.2) is 29.1 Å². The number of fused-ring (bicyclic) bond motifs is 1. The van der Waals surface area contributed by atoms with Gasteiger partial charge in [-0.15, -0.1) is 0 Å². The molecule has 0 aliphatic carbocycles. The molecule has 0 fully saturated rings. The number of hydrogen-bond acceptors (Lipinski definition) is 4. The number of benzene rings is 1. The summed E-state index contributed by atoms with van der Waals surface area (Å²) in [5.41, 5.74) is 0.0469. The van der Waals surface area contributed by atoms with E-state index in [0.717, 1.165) is 10.1 Å². The summed E-state index contributed by atoms with van der Waals surface area (Å²) in [6, 6.07) is 7.64. The minimum absolute atomic E-state index is 0.0138. The van der Waals surface area contributed by atoms with E-state index < -0.39 is 0 Å². The van der Waals surface area contributed by atoms with Gasteiger partial charge in [-0.2, -0.15) is 11.8 Å². The Bertz CT molecular complexity index is 557. The monoisotopic (exact) mass is 269 g/mol. The average Bonchev–Trinajstić information content (AvgIpc) is 2.69. The first-order valence-corrected chi connectivity index (χ1v) is 7.49. The first-order valence-electron chi connectivity index (χ1n) is 5.43. The fourth-order valence-corrected chi connectivity index (χ4v) is 3.67. The number of aliphatic hydroxyl groups excluding tert-OH is 1. The molecule has 1 aromatic heterocycles. The van der Waals surface area contributed by atoms with Gasteiger partial charge in [-0.1, -0.05) is 23.7 Å². The third-order valence-corrected chi connectivity index (χ3v) is 5.30. The Labute approximate surface area is 108 Å². The summed E-state index contributed by atoms with van der Waals surface area (Å²) in [6.45, 7) is 2.07. The van der Waals surface area contributed by atoms with Crippen LogP contribution in [0.3, 0.4) is 0 Å². The largest absolute Gasteiger partial charge is 0.395 e. The molecule has 1 N–H and O–H groups in total. The van der Waals surface area contributed by atoms with Gasteiger partial charge in [-0.25, -0.2) is 0 Å². The van der Waals surface area contributed by atoms with Crippen molar-refractivity contribution in [1.29, 1.82) is 0 Å². The van der Waals surface area contributed by atoms with Crippen molar-refractivity contribution in [1.82, 2.24) is 3.96 Å². The van der Waals surface area contributed by atoms with Gasteiger partial charge in [0.2, 0.25) is 0 Å². The lowest BCUT2D eigenvalue weighted by Gasteiger charge is -2.19. The maximum Gasteiger partial charge on any atom is 0.268 e. The summed E-state index contributed by atoms with van der Waals surface area (Å²) < 4.78 is 2.77. The van der Waals surface area contributed by atoms with Crippen LogP contribution in [0.1, 0.15) is 13.0 Å². The molecule has 0 saturated carbocycles. The van der Waals surface area contributed by atoms with Crippen molar-refractivity contribution < 1.29 is 5.11 Å². The van der Waals surface area contributed by atoms with Crippen LogP contribution in [0.25, 0.3) is 10.1 Å². The van der Waals surface area contributed by atoms with E-state index in [1.54, 1.807) is 15.7 Å². The third kappa shape index (κ3) is 2.27. The second-order valence-corrected chi connectivity index (χ2v) is 6.01. The maximum atomic E-state index is 12.2. The van der Waals surface area contributed by atoms with E-state index in [1.165, 1.54) is 11.5 Å². The van der Waals surface area contributed by atoms with Crippen LogP contribution in [0.4, 0.5) is 0 Å². The Kier molecular flexibility index (Phi) is 3.91. The zero-order valence-electron chi connectivity index (χ0n) is 9.79. The second-order valence-electron chi connectivity index (χ2n) is 3.92. The normalized spacial score (nSPS) is 15.0. The molecule has 17 heavy (non-hydrogen) atoms. The Morgan fingerprint density at radius 1 is 1.47 bits per heavy atom. The first-order chi connectivity index (χ1) is 8.19. The van der Waals surface area contributed by atoms with Crippen molar-refractivity contribution in [3.63, 3.8) is 0 Å². The molecule has 2 rings (SSSR count). The van der Waals surface area contributed by atoms with Gasteiger partial charge in [0, 0.05) is 5.25 Å². The molecular weight excluding hydrogens is 254 g/mol. The number of aliphatic hydroxyl groups is 1. The minimum atomic E-state index is 0.0138. The zero-order chi connectivity index (χ0) is 12.4. The van der Waals surface area contributed by atoms with Crippen molar-refractivity contribution in [2.45, 2.75) is 18.2 Å². The van der Waals surface area contributed by atoms with Crippen LogP contribution in [0, 0.1) is 0 Å². The van der Waals surface area contributed by atoms with Crippen molar-refractivity contribution in [3.05, 3.63) is 34.6 Å². The summed E-state index contributed by atoms with van der Waals surface area (Å²) in [4.78, 5) is 12.2. The van der Waals surface area contributed by atoms with E-state index in [0.29, 0.717) is 0 Å². The van der Waals surface area contributed by atoms with Gasteiger partial charge in [0.15, 0.2) is 0 Å². The van der Waals surface area contributed by atoms with Gasteiger partial charge >= 0.3 is 0 Å². The van der Waals surface area contributed by atoms with Gasteiger partial charge in [-0.3, -0.25) is 8.75 Å². The topological polar surface area (TPSA) is 42.2 Å². The Morgan fingerprint density at radius 2 is 2.18 bits per heavy atom. The molecule has 92 valence electrons. The van der Waals surface area contributed by atoms with Crippen LogP contribution < -0.4 is 5.56 Å². The van der Waals surface area contributed by atoms with Crippen LogP contribution in [0.2, 0.25) is 0 Å². The molecule has 0 bridgehead atoms.